The van der Waals surface area contributed by atoms with Crippen LogP contribution in [0.4, 0.5) is 10.1 Å². The quantitative estimate of drug-likeness (QED) is 0.849. The van der Waals surface area contributed by atoms with Gasteiger partial charge in [-0.25, -0.2) is 4.39 Å². The van der Waals surface area contributed by atoms with Crippen LogP contribution in [0.5, 0.6) is 0 Å². The molecule has 0 saturated heterocycles. The van der Waals surface area contributed by atoms with E-state index in [1.165, 1.54) is 0 Å². The van der Waals surface area contributed by atoms with E-state index in [9.17, 15) is 4.39 Å². The molecule has 1 aromatic rings. The van der Waals surface area contributed by atoms with E-state index in [4.69, 9.17) is 10.00 Å². The zero-order valence-electron chi connectivity index (χ0n) is 9.76. The minimum Gasteiger partial charge on any atom is -0.380 e. The molecule has 0 amide bonds. The Labute approximate surface area is 109 Å². The minimum atomic E-state index is -0.450. The normalized spacial score (nSPS) is 10.4. The summed E-state index contributed by atoms with van der Waals surface area (Å²) < 4.78 is 19.3. The molecule has 0 spiro atoms. The van der Waals surface area contributed by atoms with Gasteiger partial charge in [0.05, 0.1) is 28.4 Å². The predicted octanol–water partition coefficient (Wildman–Crippen LogP) is 3.30. The largest absolute Gasteiger partial charge is 0.380 e. The number of hydrogen-bond acceptors (Lipinski definition) is 3. The molecule has 1 aromatic carbocycles. The molecule has 0 aromatic heterocycles. The van der Waals surface area contributed by atoms with Gasteiger partial charge in [-0.3, -0.25) is 0 Å². The first-order valence-electron chi connectivity index (χ1n) is 5.29. The van der Waals surface area contributed by atoms with Gasteiger partial charge in [0.15, 0.2) is 5.82 Å². The second kappa shape index (κ2) is 6.58. The number of anilines is 1. The summed E-state index contributed by atoms with van der Waals surface area (Å²) in [5.74, 6) is -0.450. The highest BCUT2D eigenvalue weighted by Crippen LogP contribution is 2.26. The van der Waals surface area contributed by atoms with E-state index in [1.54, 1.807) is 12.1 Å². The van der Waals surface area contributed by atoms with E-state index in [-0.39, 0.29) is 16.1 Å². The zero-order valence-corrected chi connectivity index (χ0v) is 11.3. The maximum absolute atomic E-state index is 13.7. The third-order valence-electron chi connectivity index (χ3n) is 2.07. The Morgan fingerprint density at radius 2 is 2.24 bits per heavy atom. The summed E-state index contributed by atoms with van der Waals surface area (Å²) in [6.07, 6.45) is 0.161. The SMILES string of the molecule is CC(C)OCCNc1ccc(C#N)c(Br)c1F. The number of rotatable bonds is 5. The van der Waals surface area contributed by atoms with Crippen LogP contribution in [0.2, 0.25) is 0 Å². The second-order valence-electron chi connectivity index (χ2n) is 3.75. The van der Waals surface area contributed by atoms with Crippen molar-refractivity contribution in [3.05, 3.63) is 28.0 Å². The number of ether oxygens (including phenoxy) is 1. The average Bonchev–Trinajstić information content (AvgIpc) is 2.29. The molecule has 5 heteroatoms. The fraction of sp³-hybridized carbons (Fsp3) is 0.417. The fourth-order valence-electron chi connectivity index (χ4n) is 1.25. The highest BCUT2D eigenvalue weighted by molar-refractivity contribution is 9.10. The van der Waals surface area contributed by atoms with Gasteiger partial charge in [0, 0.05) is 6.54 Å². The lowest BCUT2D eigenvalue weighted by Gasteiger charge is -2.11. The highest BCUT2D eigenvalue weighted by atomic mass is 79.9. The number of nitrogens with one attached hydrogen (secondary N) is 1. The lowest BCUT2D eigenvalue weighted by molar-refractivity contribution is 0.0870. The van der Waals surface area contributed by atoms with Gasteiger partial charge in [-0.1, -0.05) is 0 Å². The molecule has 0 atom stereocenters. The molecule has 0 heterocycles. The van der Waals surface area contributed by atoms with Crippen LogP contribution in [0.1, 0.15) is 19.4 Å². The molecule has 3 nitrogen and oxygen atoms in total. The number of hydrogen-bond donors (Lipinski definition) is 1. The summed E-state index contributed by atoms with van der Waals surface area (Å²) in [7, 11) is 0. The number of benzene rings is 1. The topological polar surface area (TPSA) is 45.0 Å². The van der Waals surface area contributed by atoms with Crippen LogP contribution in [0.15, 0.2) is 16.6 Å². The molecule has 0 aliphatic carbocycles. The highest BCUT2D eigenvalue weighted by Gasteiger charge is 2.10. The van der Waals surface area contributed by atoms with E-state index < -0.39 is 5.82 Å². The maximum atomic E-state index is 13.7. The van der Waals surface area contributed by atoms with Crippen molar-refractivity contribution in [1.29, 1.82) is 5.26 Å². The van der Waals surface area contributed by atoms with Crippen molar-refractivity contribution < 1.29 is 9.13 Å². The standard InChI is InChI=1S/C12H14BrFN2O/c1-8(2)17-6-5-16-10-4-3-9(7-15)11(13)12(10)14/h3-4,8,16H,5-6H2,1-2H3. The van der Waals surface area contributed by atoms with Gasteiger partial charge in [-0.2, -0.15) is 5.26 Å². The first-order chi connectivity index (χ1) is 8.06. The number of halogens is 2. The Morgan fingerprint density at radius 1 is 1.53 bits per heavy atom. The van der Waals surface area contributed by atoms with Gasteiger partial charge < -0.3 is 10.1 Å². The Bertz CT molecular complexity index is 429. The smallest absolute Gasteiger partial charge is 0.161 e. The molecule has 92 valence electrons. The van der Waals surface area contributed by atoms with Crippen LogP contribution in [-0.4, -0.2) is 19.3 Å². The van der Waals surface area contributed by atoms with Crippen molar-refractivity contribution in [2.24, 2.45) is 0 Å². The lowest BCUT2D eigenvalue weighted by atomic mass is 10.2. The molecule has 0 unspecified atom stereocenters. The molecule has 0 fully saturated rings. The van der Waals surface area contributed by atoms with Crippen LogP contribution < -0.4 is 5.32 Å². The van der Waals surface area contributed by atoms with Gasteiger partial charge in [-0.05, 0) is 41.9 Å². The van der Waals surface area contributed by atoms with Gasteiger partial charge >= 0.3 is 0 Å². The van der Waals surface area contributed by atoms with Gasteiger partial charge in [-0.15, -0.1) is 0 Å². The molecule has 17 heavy (non-hydrogen) atoms. The number of nitrogens with zero attached hydrogens (tertiary/aromatic N) is 1. The maximum Gasteiger partial charge on any atom is 0.161 e. The van der Waals surface area contributed by atoms with E-state index >= 15 is 0 Å². The molecule has 0 aliphatic rings. The zero-order chi connectivity index (χ0) is 12.8. The predicted molar refractivity (Wildman–Crippen MR) is 68.4 cm³/mol. The van der Waals surface area contributed by atoms with Crippen LogP contribution in [0, 0.1) is 17.1 Å². The monoisotopic (exact) mass is 300 g/mol. The van der Waals surface area contributed by atoms with Crippen molar-refractivity contribution in [2.45, 2.75) is 20.0 Å². The average molecular weight is 301 g/mol. The lowest BCUT2D eigenvalue weighted by Crippen LogP contribution is -2.14. The first-order valence-corrected chi connectivity index (χ1v) is 6.09. The minimum absolute atomic E-state index is 0.161. The van der Waals surface area contributed by atoms with E-state index in [1.807, 2.05) is 19.9 Å². The van der Waals surface area contributed by atoms with Crippen LogP contribution in [0.25, 0.3) is 0 Å². The van der Waals surface area contributed by atoms with Gasteiger partial charge in [0.2, 0.25) is 0 Å². The molecule has 0 aliphatic heterocycles. The summed E-state index contributed by atoms with van der Waals surface area (Å²) in [6, 6.07) is 5.02. The van der Waals surface area contributed by atoms with Crippen molar-refractivity contribution >= 4 is 21.6 Å². The Kier molecular flexibility index (Phi) is 5.39. The van der Waals surface area contributed by atoms with Crippen molar-refractivity contribution in [1.82, 2.24) is 0 Å². The summed E-state index contributed by atoms with van der Waals surface area (Å²) in [5, 5.41) is 11.6. The molecule has 0 saturated carbocycles. The summed E-state index contributed by atoms with van der Waals surface area (Å²) >= 11 is 3.05. The first kappa shape index (κ1) is 13.9. The summed E-state index contributed by atoms with van der Waals surface area (Å²) in [6.45, 7) is 4.92. The molecule has 1 rings (SSSR count). The fourth-order valence-corrected chi connectivity index (χ4v) is 1.69. The third kappa shape index (κ3) is 3.99. The van der Waals surface area contributed by atoms with E-state index in [0.29, 0.717) is 18.8 Å². The van der Waals surface area contributed by atoms with Crippen LogP contribution in [-0.2, 0) is 4.74 Å². The summed E-state index contributed by atoms with van der Waals surface area (Å²) in [4.78, 5) is 0. The van der Waals surface area contributed by atoms with Crippen molar-refractivity contribution in [3.8, 4) is 6.07 Å². The Morgan fingerprint density at radius 3 is 2.82 bits per heavy atom. The molecular formula is C12H14BrFN2O. The van der Waals surface area contributed by atoms with E-state index in [2.05, 4.69) is 21.2 Å². The Balaban J connectivity index is 2.61. The van der Waals surface area contributed by atoms with Crippen molar-refractivity contribution in [3.63, 3.8) is 0 Å². The molecule has 0 bridgehead atoms. The third-order valence-corrected chi connectivity index (χ3v) is 2.85. The Hall–Kier alpha value is -1.12. The number of nitriles is 1. The van der Waals surface area contributed by atoms with Crippen LogP contribution >= 0.6 is 15.9 Å². The van der Waals surface area contributed by atoms with E-state index in [0.717, 1.165) is 0 Å². The second-order valence-corrected chi connectivity index (χ2v) is 4.54. The van der Waals surface area contributed by atoms with Gasteiger partial charge in [0.1, 0.15) is 6.07 Å². The molecular weight excluding hydrogens is 287 g/mol. The van der Waals surface area contributed by atoms with Crippen LogP contribution in [0.3, 0.4) is 0 Å². The molecule has 1 N–H and O–H groups in total. The molecule has 0 radical (unpaired) electrons. The van der Waals surface area contributed by atoms with Crippen molar-refractivity contribution in [2.75, 3.05) is 18.5 Å². The summed E-state index contributed by atoms with van der Waals surface area (Å²) in [5.41, 5.74) is 0.648. The van der Waals surface area contributed by atoms with Gasteiger partial charge in [0.25, 0.3) is 0 Å².